The Morgan fingerprint density at radius 1 is 0.964 bits per heavy atom. The SMILES string of the molecule is CC(=O)OC1CC[C@H]2[C@@H]3CC=C4CC(C)(OC(C)=O)CC[C@]4(C)[C@H]3CC[C@]12C. The highest BCUT2D eigenvalue weighted by Crippen LogP contribution is 2.66. The van der Waals surface area contributed by atoms with Crippen LogP contribution in [0.15, 0.2) is 11.6 Å². The van der Waals surface area contributed by atoms with Gasteiger partial charge in [0.1, 0.15) is 11.7 Å². The normalized spacial score (nSPS) is 47.2. The molecule has 28 heavy (non-hydrogen) atoms. The lowest BCUT2D eigenvalue weighted by Gasteiger charge is -2.58. The first-order valence-corrected chi connectivity index (χ1v) is 11.1. The van der Waals surface area contributed by atoms with Crippen molar-refractivity contribution in [3.63, 3.8) is 0 Å². The molecule has 0 aliphatic heterocycles. The van der Waals surface area contributed by atoms with Gasteiger partial charge in [-0.05, 0) is 75.0 Å². The predicted octanol–water partition coefficient (Wildman–Crippen LogP) is 5.20. The van der Waals surface area contributed by atoms with Crippen LogP contribution in [0.5, 0.6) is 0 Å². The molecular formula is C24H36O4. The molecule has 7 atom stereocenters. The van der Waals surface area contributed by atoms with Crippen molar-refractivity contribution in [1.29, 1.82) is 0 Å². The highest BCUT2D eigenvalue weighted by molar-refractivity contribution is 5.66. The fraction of sp³-hybridized carbons (Fsp3) is 0.833. The van der Waals surface area contributed by atoms with E-state index in [1.54, 1.807) is 6.92 Å². The van der Waals surface area contributed by atoms with Gasteiger partial charge in [0.05, 0.1) is 0 Å². The molecule has 3 fully saturated rings. The summed E-state index contributed by atoms with van der Waals surface area (Å²) in [5, 5.41) is 0. The summed E-state index contributed by atoms with van der Waals surface area (Å²) in [5.74, 6) is 1.72. The summed E-state index contributed by atoms with van der Waals surface area (Å²) in [7, 11) is 0. The second-order valence-electron chi connectivity index (χ2n) is 10.7. The van der Waals surface area contributed by atoms with Gasteiger partial charge in [0, 0.05) is 25.7 Å². The summed E-state index contributed by atoms with van der Waals surface area (Å²) in [6, 6.07) is 0. The number of rotatable bonds is 2. The van der Waals surface area contributed by atoms with Gasteiger partial charge in [-0.25, -0.2) is 0 Å². The maximum atomic E-state index is 11.6. The Morgan fingerprint density at radius 2 is 1.71 bits per heavy atom. The smallest absolute Gasteiger partial charge is 0.303 e. The first-order valence-electron chi connectivity index (χ1n) is 11.1. The molecule has 0 aromatic rings. The number of ether oxygens (including phenoxy) is 2. The number of hydrogen-bond acceptors (Lipinski definition) is 4. The number of carbonyl (C=O) groups excluding carboxylic acids is 2. The summed E-state index contributed by atoms with van der Waals surface area (Å²) < 4.78 is 11.5. The lowest BCUT2D eigenvalue weighted by molar-refractivity contribution is -0.161. The Balaban J connectivity index is 1.58. The highest BCUT2D eigenvalue weighted by Gasteiger charge is 2.60. The van der Waals surface area contributed by atoms with Crippen molar-refractivity contribution in [1.82, 2.24) is 0 Å². The first kappa shape index (κ1) is 20.0. The van der Waals surface area contributed by atoms with Crippen molar-refractivity contribution in [3.8, 4) is 0 Å². The molecule has 0 spiro atoms. The second kappa shape index (κ2) is 6.60. The average molecular weight is 389 g/mol. The minimum atomic E-state index is -0.346. The second-order valence-corrected chi connectivity index (χ2v) is 10.7. The van der Waals surface area contributed by atoms with Gasteiger partial charge in [-0.3, -0.25) is 9.59 Å². The predicted molar refractivity (Wildman–Crippen MR) is 107 cm³/mol. The topological polar surface area (TPSA) is 52.6 Å². The van der Waals surface area contributed by atoms with Crippen LogP contribution in [-0.4, -0.2) is 23.6 Å². The molecule has 0 saturated heterocycles. The fourth-order valence-electron chi connectivity index (χ4n) is 7.57. The molecule has 4 heteroatoms. The van der Waals surface area contributed by atoms with Crippen molar-refractivity contribution in [2.75, 3.05) is 0 Å². The molecule has 156 valence electrons. The number of esters is 2. The number of fused-ring (bicyclic) bond motifs is 5. The van der Waals surface area contributed by atoms with Gasteiger partial charge in [0.15, 0.2) is 0 Å². The molecule has 4 aliphatic rings. The molecule has 0 bridgehead atoms. The summed E-state index contributed by atoms with van der Waals surface area (Å²) in [4.78, 5) is 23.2. The number of hydrogen-bond donors (Lipinski definition) is 0. The molecular weight excluding hydrogens is 352 g/mol. The zero-order chi connectivity index (χ0) is 20.3. The Morgan fingerprint density at radius 3 is 2.39 bits per heavy atom. The van der Waals surface area contributed by atoms with E-state index in [4.69, 9.17) is 9.47 Å². The van der Waals surface area contributed by atoms with Gasteiger partial charge in [-0.15, -0.1) is 0 Å². The highest BCUT2D eigenvalue weighted by atomic mass is 16.6. The molecule has 0 aromatic heterocycles. The Bertz CT molecular complexity index is 711. The van der Waals surface area contributed by atoms with E-state index in [0.29, 0.717) is 17.8 Å². The molecule has 0 amide bonds. The van der Waals surface area contributed by atoms with Crippen molar-refractivity contribution < 1.29 is 19.1 Å². The van der Waals surface area contributed by atoms with E-state index in [-0.39, 0.29) is 34.5 Å². The molecule has 2 unspecified atom stereocenters. The van der Waals surface area contributed by atoms with Crippen LogP contribution in [0.4, 0.5) is 0 Å². The monoisotopic (exact) mass is 388 g/mol. The lowest BCUT2D eigenvalue weighted by Crippen LogP contribution is -2.53. The Hall–Kier alpha value is -1.32. The van der Waals surface area contributed by atoms with E-state index in [1.165, 1.54) is 25.3 Å². The van der Waals surface area contributed by atoms with E-state index >= 15 is 0 Å². The standard InChI is InChI=1S/C24H36O4/c1-15(25)27-21-9-8-19-18-7-6-17-14-22(3,28-16(2)26)12-13-23(17,4)20(18)10-11-24(19,21)5/h6,18-21H,7-14H2,1-5H3/t18-,19-,20-,21?,22?,23-,24-/m0/s1. The van der Waals surface area contributed by atoms with Gasteiger partial charge in [0.2, 0.25) is 0 Å². The maximum absolute atomic E-state index is 11.6. The van der Waals surface area contributed by atoms with Crippen LogP contribution in [0.3, 0.4) is 0 Å². The van der Waals surface area contributed by atoms with E-state index < -0.39 is 0 Å². The first-order chi connectivity index (χ1) is 13.1. The summed E-state index contributed by atoms with van der Waals surface area (Å²) >= 11 is 0. The Kier molecular flexibility index (Phi) is 4.71. The molecule has 0 N–H and O–H groups in total. The van der Waals surface area contributed by atoms with Crippen molar-refractivity contribution in [2.24, 2.45) is 28.6 Å². The minimum Gasteiger partial charge on any atom is -0.462 e. The van der Waals surface area contributed by atoms with E-state index in [2.05, 4.69) is 26.8 Å². The van der Waals surface area contributed by atoms with Gasteiger partial charge in [-0.2, -0.15) is 0 Å². The summed E-state index contributed by atoms with van der Waals surface area (Å²) in [6.45, 7) is 9.99. The largest absolute Gasteiger partial charge is 0.462 e. The van der Waals surface area contributed by atoms with E-state index in [0.717, 1.165) is 38.5 Å². The number of carbonyl (C=O) groups is 2. The van der Waals surface area contributed by atoms with E-state index in [9.17, 15) is 9.59 Å². The van der Waals surface area contributed by atoms with Crippen LogP contribution >= 0.6 is 0 Å². The molecule has 0 aromatic carbocycles. The third-order valence-electron chi connectivity index (χ3n) is 8.97. The van der Waals surface area contributed by atoms with Crippen LogP contribution in [-0.2, 0) is 19.1 Å². The van der Waals surface area contributed by atoms with Gasteiger partial charge >= 0.3 is 11.9 Å². The molecule has 3 saturated carbocycles. The van der Waals surface area contributed by atoms with Crippen molar-refractivity contribution in [3.05, 3.63) is 11.6 Å². The van der Waals surface area contributed by atoms with Gasteiger partial charge in [-0.1, -0.05) is 25.5 Å². The zero-order valence-corrected chi connectivity index (χ0v) is 18.2. The van der Waals surface area contributed by atoms with Crippen LogP contribution in [0.1, 0.15) is 86.0 Å². The molecule has 0 heterocycles. The average Bonchev–Trinajstić information content (AvgIpc) is 2.91. The van der Waals surface area contributed by atoms with Crippen LogP contribution < -0.4 is 0 Å². The lowest BCUT2D eigenvalue weighted by atomic mass is 9.47. The Labute approximate surface area is 169 Å². The minimum absolute atomic E-state index is 0.0905. The molecule has 4 nitrogen and oxygen atoms in total. The third kappa shape index (κ3) is 3.02. The quantitative estimate of drug-likeness (QED) is 0.482. The third-order valence-corrected chi connectivity index (χ3v) is 8.97. The summed E-state index contributed by atoms with van der Waals surface area (Å²) in [6.07, 6.45) is 11.2. The fourth-order valence-corrected chi connectivity index (χ4v) is 7.57. The van der Waals surface area contributed by atoms with Crippen molar-refractivity contribution >= 4 is 11.9 Å². The van der Waals surface area contributed by atoms with Gasteiger partial charge in [0.25, 0.3) is 0 Å². The maximum Gasteiger partial charge on any atom is 0.303 e. The van der Waals surface area contributed by atoms with E-state index in [1.807, 2.05) is 0 Å². The van der Waals surface area contributed by atoms with Gasteiger partial charge < -0.3 is 9.47 Å². The number of allylic oxidation sites excluding steroid dienone is 1. The van der Waals surface area contributed by atoms with Crippen LogP contribution in [0.2, 0.25) is 0 Å². The molecule has 4 rings (SSSR count). The molecule has 4 aliphatic carbocycles. The van der Waals surface area contributed by atoms with Crippen LogP contribution in [0.25, 0.3) is 0 Å². The summed E-state index contributed by atoms with van der Waals surface area (Å²) in [5.41, 5.74) is 1.53. The van der Waals surface area contributed by atoms with Crippen LogP contribution in [0, 0.1) is 28.6 Å². The molecule has 0 radical (unpaired) electrons. The van der Waals surface area contributed by atoms with Crippen molar-refractivity contribution in [2.45, 2.75) is 97.7 Å². The zero-order valence-electron chi connectivity index (χ0n) is 18.2.